The molecule has 0 saturated heterocycles. The van der Waals surface area contributed by atoms with Crippen LogP contribution in [0.2, 0.25) is 0 Å². The standard InChI is InChI=1S/C12H19N3O2/c1-4-13-10-5-11(14-8-9(2)3)7-12(6-10)15(16)17/h5-7,9,13-14H,4,8H2,1-3H3. The predicted octanol–water partition coefficient (Wildman–Crippen LogP) is 3.09. The van der Waals surface area contributed by atoms with E-state index in [0.29, 0.717) is 5.92 Å². The number of nitrogens with one attached hydrogen (secondary N) is 2. The summed E-state index contributed by atoms with van der Waals surface area (Å²) in [6.45, 7) is 7.68. The molecule has 0 unspecified atom stereocenters. The van der Waals surface area contributed by atoms with Crippen LogP contribution in [0, 0.1) is 16.0 Å². The number of benzene rings is 1. The van der Waals surface area contributed by atoms with E-state index in [-0.39, 0.29) is 10.6 Å². The van der Waals surface area contributed by atoms with Gasteiger partial charge in [-0.15, -0.1) is 0 Å². The Kier molecular flexibility index (Phi) is 4.75. The fourth-order valence-corrected chi connectivity index (χ4v) is 1.45. The van der Waals surface area contributed by atoms with Crippen LogP contribution in [0.5, 0.6) is 0 Å². The largest absolute Gasteiger partial charge is 0.385 e. The third kappa shape index (κ3) is 4.30. The summed E-state index contributed by atoms with van der Waals surface area (Å²) in [6.07, 6.45) is 0. The number of hydrogen-bond donors (Lipinski definition) is 2. The first-order chi connectivity index (χ1) is 8.02. The van der Waals surface area contributed by atoms with Gasteiger partial charge in [-0.3, -0.25) is 10.1 Å². The van der Waals surface area contributed by atoms with Crippen LogP contribution in [-0.4, -0.2) is 18.0 Å². The molecule has 0 aliphatic heterocycles. The molecule has 5 nitrogen and oxygen atoms in total. The highest BCUT2D eigenvalue weighted by Crippen LogP contribution is 2.24. The lowest BCUT2D eigenvalue weighted by Gasteiger charge is -2.11. The molecule has 0 aliphatic carbocycles. The molecular weight excluding hydrogens is 218 g/mol. The van der Waals surface area contributed by atoms with E-state index in [0.717, 1.165) is 24.5 Å². The number of nitro benzene ring substituents is 1. The van der Waals surface area contributed by atoms with Gasteiger partial charge in [-0.1, -0.05) is 13.8 Å². The first-order valence-corrected chi connectivity index (χ1v) is 5.80. The van der Waals surface area contributed by atoms with Gasteiger partial charge in [-0.25, -0.2) is 0 Å². The smallest absolute Gasteiger partial charge is 0.273 e. The molecule has 0 fully saturated rings. The summed E-state index contributed by atoms with van der Waals surface area (Å²) in [4.78, 5) is 10.4. The van der Waals surface area contributed by atoms with Gasteiger partial charge in [0, 0.05) is 36.6 Å². The van der Waals surface area contributed by atoms with Crippen LogP contribution in [0.4, 0.5) is 17.1 Å². The van der Waals surface area contributed by atoms with Crippen LogP contribution >= 0.6 is 0 Å². The van der Waals surface area contributed by atoms with Gasteiger partial charge in [-0.05, 0) is 18.9 Å². The molecular formula is C12H19N3O2. The summed E-state index contributed by atoms with van der Waals surface area (Å²) < 4.78 is 0. The fourth-order valence-electron chi connectivity index (χ4n) is 1.45. The Balaban J connectivity index is 2.91. The SMILES string of the molecule is CCNc1cc(NCC(C)C)cc([N+](=O)[O-])c1. The molecule has 0 heterocycles. The lowest BCUT2D eigenvalue weighted by Crippen LogP contribution is -2.08. The quantitative estimate of drug-likeness (QED) is 0.589. The molecule has 1 aromatic rings. The van der Waals surface area contributed by atoms with Crippen LogP contribution in [0.3, 0.4) is 0 Å². The van der Waals surface area contributed by atoms with Crippen molar-refractivity contribution >= 4 is 17.1 Å². The second-order valence-electron chi connectivity index (χ2n) is 4.33. The maximum atomic E-state index is 10.8. The molecule has 0 atom stereocenters. The maximum Gasteiger partial charge on any atom is 0.273 e. The van der Waals surface area contributed by atoms with Crippen LogP contribution in [-0.2, 0) is 0 Å². The second kappa shape index (κ2) is 6.08. The van der Waals surface area contributed by atoms with Crippen molar-refractivity contribution in [2.75, 3.05) is 23.7 Å². The van der Waals surface area contributed by atoms with Crippen LogP contribution in [0.15, 0.2) is 18.2 Å². The number of rotatable bonds is 6. The second-order valence-corrected chi connectivity index (χ2v) is 4.33. The number of nitro groups is 1. The van der Waals surface area contributed by atoms with E-state index >= 15 is 0 Å². The zero-order valence-electron chi connectivity index (χ0n) is 10.5. The summed E-state index contributed by atoms with van der Waals surface area (Å²) >= 11 is 0. The highest BCUT2D eigenvalue weighted by molar-refractivity contribution is 5.63. The molecule has 0 saturated carbocycles. The van der Waals surface area contributed by atoms with Crippen LogP contribution in [0.25, 0.3) is 0 Å². The zero-order chi connectivity index (χ0) is 12.8. The Labute approximate surface area is 101 Å². The third-order valence-electron chi connectivity index (χ3n) is 2.22. The van der Waals surface area contributed by atoms with Gasteiger partial charge in [0.15, 0.2) is 0 Å². The van der Waals surface area contributed by atoms with E-state index in [4.69, 9.17) is 0 Å². The van der Waals surface area contributed by atoms with Crippen LogP contribution in [0.1, 0.15) is 20.8 Å². The number of hydrogen-bond acceptors (Lipinski definition) is 4. The highest BCUT2D eigenvalue weighted by atomic mass is 16.6. The van der Waals surface area contributed by atoms with Gasteiger partial charge in [0.2, 0.25) is 0 Å². The van der Waals surface area contributed by atoms with Crippen molar-refractivity contribution in [3.8, 4) is 0 Å². The molecule has 0 aliphatic rings. The van der Waals surface area contributed by atoms with Gasteiger partial charge in [0.1, 0.15) is 0 Å². The molecule has 0 radical (unpaired) electrons. The molecule has 1 rings (SSSR count). The molecule has 0 bridgehead atoms. The van der Waals surface area contributed by atoms with Gasteiger partial charge >= 0.3 is 0 Å². The van der Waals surface area contributed by atoms with Crippen molar-refractivity contribution in [1.82, 2.24) is 0 Å². The van der Waals surface area contributed by atoms with Crippen molar-refractivity contribution in [2.24, 2.45) is 5.92 Å². The lowest BCUT2D eigenvalue weighted by molar-refractivity contribution is -0.384. The van der Waals surface area contributed by atoms with E-state index in [1.165, 1.54) is 0 Å². The van der Waals surface area contributed by atoms with Gasteiger partial charge in [0.25, 0.3) is 5.69 Å². The first-order valence-electron chi connectivity index (χ1n) is 5.80. The minimum atomic E-state index is -0.374. The summed E-state index contributed by atoms with van der Waals surface area (Å²) in [6, 6.07) is 4.99. The third-order valence-corrected chi connectivity index (χ3v) is 2.22. The van der Waals surface area contributed by atoms with Gasteiger partial charge in [0.05, 0.1) is 4.92 Å². The normalized spacial score (nSPS) is 10.4. The highest BCUT2D eigenvalue weighted by Gasteiger charge is 2.09. The molecule has 0 spiro atoms. The minimum absolute atomic E-state index is 0.106. The molecule has 94 valence electrons. The van der Waals surface area contributed by atoms with Crippen molar-refractivity contribution in [1.29, 1.82) is 0 Å². The summed E-state index contributed by atoms with van der Waals surface area (Å²) in [5, 5.41) is 17.1. The van der Waals surface area contributed by atoms with E-state index in [2.05, 4.69) is 24.5 Å². The van der Waals surface area contributed by atoms with Crippen molar-refractivity contribution in [3.63, 3.8) is 0 Å². The van der Waals surface area contributed by atoms with Gasteiger partial charge in [-0.2, -0.15) is 0 Å². The molecule has 0 aromatic heterocycles. The number of nitrogens with zero attached hydrogens (tertiary/aromatic N) is 1. The summed E-state index contributed by atoms with van der Waals surface area (Å²) in [5.74, 6) is 0.497. The van der Waals surface area contributed by atoms with E-state index < -0.39 is 0 Å². The van der Waals surface area contributed by atoms with Crippen molar-refractivity contribution < 1.29 is 4.92 Å². The van der Waals surface area contributed by atoms with Crippen molar-refractivity contribution in [3.05, 3.63) is 28.3 Å². The van der Waals surface area contributed by atoms with Crippen molar-refractivity contribution in [2.45, 2.75) is 20.8 Å². The first kappa shape index (κ1) is 13.3. The zero-order valence-corrected chi connectivity index (χ0v) is 10.5. The maximum absolute atomic E-state index is 10.8. The Morgan fingerprint density at radius 3 is 2.29 bits per heavy atom. The number of anilines is 2. The Bertz CT molecular complexity index is 391. The summed E-state index contributed by atoms with van der Waals surface area (Å²) in [5.41, 5.74) is 1.66. The van der Waals surface area contributed by atoms with Crippen LogP contribution < -0.4 is 10.6 Å². The average molecular weight is 237 g/mol. The Hall–Kier alpha value is -1.78. The molecule has 5 heteroatoms. The lowest BCUT2D eigenvalue weighted by atomic mass is 10.2. The van der Waals surface area contributed by atoms with E-state index in [1.54, 1.807) is 12.1 Å². The Morgan fingerprint density at radius 2 is 1.82 bits per heavy atom. The molecule has 2 N–H and O–H groups in total. The molecule has 17 heavy (non-hydrogen) atoms. The summed E-state index contributed by atoms with van der Waals surface area (Å²) in [7, 11) is 0. The number of non-ortho nitro benzene ring substituents is 1. The predicted molar refractivity (Wildman–Crippen MR) is 70.6 cm³/mol. The Morgan fingerprint density at radius 1 is 1.24 bits per heavy atom. The van der Waals surface area contributed by atoms with E-state index in [9.17, 15) is 10.1 Å². The average Bonchev–Trinajstić information content (AvgIpc) is 2.26. The monoisotopic (exact) mass is 237 g/mol. The minimum Gasteiger partial charge on any atom is -0.385 e. The molecule has 1 aromatic carbocycles. The van der Waals surface area contributed by atoms with Gasteiger partial charge < -0.3 is 10.6 Å². The fraction of sp³-hybridized carbons (Fsp3) is 0.500. The van der Waals surface area contributed by atoms with E-state index in [1.807, 2.05) is 13.0 Å². The molecule has 0 amide bonds. The topological polar surface area (TPSA) is 67.2 Å².